The van der Waals surface area contributed by atoms with E-state index in [1.807, 2.05) is 0 Å². The molecule has 2 fully saturated rings. The molecule has 4 heteroatoms. The molecule has 2 aliphatic rings. The van der Waals surface area contributed by atoms with Crippen LogP contribution in [0.25, 0.3) is 0 Å². The van der Waals surface area contributed by atoms with Gasteiger partial charge in [-0.3, -0.25) is 4.90 Å². The van der Waals surface area contributed by atoms with Crippen LogP contribution in [0.1, 0.15) is 45.4 Å². The maximum atomic E-state index is 5.90. The van der Waals surface area contributed by atoms with E-state index in [0.29, 0.717) is 11.0 Å². The summed E-state index contributed by atoms with van der Waals surface area (Å²) in [5, 5.41) is 0. The molecular formula is C15H29N3S. The third-order valence-corrected chi connectivity index (χ3v) is 5.00. The minimum absolute atomic E-state index is 0.327. The van der Waals surface area contributed by atoms with Gasteiger partial charge >= 0.3 is 0 Å². The molecule has 1 atom stereocenters. The highest BCUT2D eigenvalue weighted by Gasteiger charge is 2.26. The summed E-state index contributed by atoms with van der Waals surface area (Å²) < 4.78 is 0. The Morgan fingerprint density at radius 3 is 2.37 bits per heavy atom. The van der Waals surface area contributed by atoms with Gasteiger partial charge in [0.15, 0.2) is 0 Å². The van der Waals surface area contributed by atoms with Crippen molar-refractivity contribution in [2.24, 2.45) is 11.7 Å². The fraction of sp³-hybridized carbons (Fsp3) is 0.933. The highest BCUT2D eigenvalue weighted by molar-refractivity contribution is 7.80. The zero-order valence-electron chi connectivity index (χ0n) is 12.3. The van der Waals surface area contributed by atoms with E-state index < -0.39 is 0 Å². The van der Waals surface area contributed by atoms with Gasteiger partial charge in [-0.05, 0) is 25.2 Å². The SMILES string of the molecule is CCCC(C(N)=S)N1CCN(CC2CCCC2)CC1. The summed E-state index contributed by atoms with van der Waals surface area (Å²) in [5.74, 6) is 0.966. The Morgan fingerprint density at radius 2 is 1.84 bits per heavy atom. The summed E-state index contributed by atoms with van der Waals surface area (Å²) in [4.78, 5) is 5.83. The van der Waals surface area contributed by atoms with E-state index in [1.54, 1.807) is 0 Å². The van der Waals surface area contributed by atoms with Crippen LogP contribution >= 0.6 is 12.2 Å². The van der Waals surface area contributed by atoms with Crippen molar-refractivity contribution in [1.82, 2.24) is 9.80 Å². The summed E-state index contributed by atoms with van der Waals surface area (Å²) in [5.41, 5.74) is 5.90. The molecule has 1 saturated heterocycles. The van der Waals surface area contributed by atoms with Crippen LogP contribution in [0.4, 0.5) is 0 Å². The zero-order chi connectivity index (χ0) is 13.7. The van der Waals surface area contributed by atoms with Crippen LogP contribution in [0, 0.1) is 5.92 Å². The van der Waals surface area contributed by atoms with Crippen molar-refractivity contribution in [1.29, 1.82) is 0 Å². The summed E-state index contributed by atoms with van der Waals surface area (Å²) >= 11 is 5.23. The van der Waals surface area contributed by atoms with E-state index in [9.17, 15) is 0 Å². The topological polar surface area (TPSA) is 32.5 Å². The number of rotatable bonds is 6. The van der Waals surface area contributed by atoms with E-state index in [1.165, 1.54) is 45.3 Å². The molecule has 19 heavy (non-hydrogen) atoms. The lowest BCUT2D eigenvalue weighted by atomic mass is 10.1. The largest absolute Gasteiger partial charge is 0.392 e. The van der Waals surface area contributed by atoms with Gasteiger partial charge in [-0.25, -0.2) is 0 Å². The van der Waals surface area contributed by atoms with Crippen molar-refractivity contribution in [3.8, 4) is 0 Å². The van der Waals surface area contributed by atoms with Gasteiger partial charge in [0.25, 0.3) is 0 Å². The summed E-state index contributed by atoms with van der Waals surface area (Å²) in [6.07, 6.45) is 8.06. The molecule has 0 radical (unpaired) electrons. The van der Waals surface area contributed by atoms with Crippen LogP contribution in [0.3, 0.4) is 0 Å². The summed E-state index contributed by atoms with van der Waals surface area (Å²) in [6.45, 7) is 8.18. The molecule has 2 N–H and O–H groups in total. The quantitative estimate of drug-likeness (QED) is 0.758. The highest BCUT2D eigenvalue weighted by Crippen LogP contribution is 2.26. The molecule has 0 amide bonds. The second kappa shape index (κ2) is 7.55. The average molecular weight is 283 g/mol. The van der Waals surface area contributed by atoms with Crippen molar-refractivity contribution in [2.75, 3.05) is 32.7 Å². The first kappa shape index (κ1) is 15.2. The molecule has 0 bridgehead atoms. The van der Waals surface area contributed by atoms with Gasteiger partial charge in [0.2, 0.25) is 0 Å². The van der Waals surface area contributed by atoms with Crippen LogP contribution in [0.2, 0.25) is 0 Å². The normalized spacial score (nSPS) is 24.7. The monoisotopic (exact) mass is 283 g/mol. The zero-order valence-corrected chi connectivity index (χ0v) is 13.1. The standard InChI is InChI=1S/C15H29N3S/c1-2-5-14(15(16)19)18-10-8-17(9-11-18)12-13-6-3-4-7-13/h13-14H,2-12H2,1H3,(H2,16,19). The Hall–Kier alpha value is -0.190. The maximum Gasteiger partial charge on any atom is 0.0902 e. The number of piperazine rings is 1. The average Bonchev–Trinajstić information content (AvgIpc) is 2.90. The van der Waals surface area contributed by atoms with Gasteiger partial charge in [0.1, 0.15) is 0 Å². The molecule has 3 nitrogen and oxygen atoms in total. The molecule has 0 aromatic rings. The predicted molar refractivity (Wildman–Crippen MR) is 85.5 cm³/mol. The predicted octanol–water partition coefficient (Wildman–Crippen LogP) is 2.25. The molecule has 2 rings (SSSR count). The molecule has 1 heterocycles. The molecule has 0 aromatic heterocycles. The molecular weight excluding hydrogens is 254 g/mol. The van der Waals surface area contributed by atoms with Crippen molar-refractivity contribution in [3.05, 3.63) is 0 Å². The van der Waals surface area contributed by atoms with E-state index >= 15 is 0 Å². The van der Waals surface area contributed by atoms with Gasteiger partial charge in [0.05, 0.1) is 11.0 Å². The Morgan fingerprint density at radius 1 is 1.21 bits per heavy atom. The number of nitrogens with two attached hydrogens (primary N) is 1. The molecule has 1 unspecified atom stereocenters. The maximum absolute atomic E-state index is 5.90. The number of nitrogens with zero attached hydrogens (tertiary/aromatic N) is 2. The lowest BCUT2D eigenvalue weighted by molar-refractivity contribution is 0.103. The van der Waals surface area contributed by atoms with Gasteiger partial charge in [-0.1, -0.05) is 38.4 Å². The van der Waals surface area contributed by atoms with Crippen molar-refractivity contribution < 1.29 is 0 Å². The van der Waals surface area contributed by atoms with Crippen LogP contribution in [0.15, 0.2) is 0 Å². The fourth-order valence-corrected chi connectivity index (χ4v) is 3.86. The van der Waals surface area contributed by atoms with Crippen molar-refractivity contribution >= 4 is 17.2 Å². The summed E-state index contributed by atoms with van der Waals surface area (Å²) in [6, 6.07) is 0.327. The van der Waals surface area contributed by atoms with E-state index in [0.717, 1.165) is 31.8 Å². The van der Waals surface area contributed by atoms with Crippen LogP contribution < -0.4 is 5.73 Å². The first-order valence-electron chi connectivity index (χ1n) is 7.96. The van der Waals surface area contributed by atoms with Gasteiger partial charge in [-0.2, -0.15) is 0 Å². The van der Waals surface area contributed by atoms with Crippen molar-refractivity contribution in [3.63, 3.8) is 0 Å². The van der Waals surface area contributed by atoms with Gasteiger partial charge in [0, 0.05) is 32.7 Å². The summed E-state index contributed by atoms with van der Waals surface area (Å²) in [7, 11) is 0. The molecule has 1 aliphatic carbocycles. The van der Waals surface area contributed by atoms with Crippen LogP contribution in [0.5, 0.6) is 0 Å². The molecule has 110 valence electrons. The minimum atomic E-state index is 0.327. The number of hydrogen-bond donors (Lipinski definition) is 1. The minimum Gasteiger partial charge on any atom is -0.392 e. The van der Waals surface area contributed by atoms with Gasteiger partial charge in [-0.15, -0.1) is 0 Å². The van der Waals surface area contributed by atoms with E-state index in [2.05, 4.69) is 16.7 Å². The second-order valence-electron chi connectivity index (χ2n) is 6.19. The first-order chi connectivity index (χ1) is 9.20. The number of hydrogen-bond acceptors (Lipinski definition) is 3. The van der Waals surface area contributed by atoms with E-state index in [4.69, 9.17) is 18.0 Å². The first-order valence-corrected chi connectivity index (χ1v) is 8.37. The van der Waals surface area contributed by atoms with Gasteiger partial charge < -0.3 is 10.6 Å². The lowest BCUT2D eigenvalue weighted by Gasteiger charge is -2.39. The Bertz CT molecular complexity index is 281. The van der Waals surface area contributed by atoms with Crippen molar-refractivity contribution in [2.45, 2.75) is 51.5 Å². The van der Waals surface area contributed by atoms with Crippen LogP contribution in [-0.4, -0.2) is 53.6 Å². The van der Waals surface area contributed by atoms with Crippen LogP contribution in [-0.2, 0) is 0 Å². The Kier molecular flexibility index (Phi) is 6.05. The second-order valence-corrected chi connectivity index (χ2v) is 6.67. The number of thiocarbonyl (C=S) groups is 1. The third kappa shape index (κ3) is 4.40. The molecule has 1 aliphatic heterocycles. The fourth-order valence-electron chi connectivity index (χ4n) is 3.59. The lowest BCUT2D eigenvalue weighted by Crippen LogP contribution is -2.54. The highest BCUT2D eigenvalue weighted by atomic mass is 32.1. The Labute approximate surface area is 123 Å². The third-order valence-electron chi connectivity index (χ3n) is 4.73. The van der Waals surface area contributed by atoms with E-state index in [-0.39, 0.29) is 0 Å². The molecule has 1 saturated carbocycles. The molecule has 0 aromatic carbocycles. The molecule has 0 spiro atoms. The smallest absolute Gasteiger partial charge is 0.0902 e. The Balaban J connectivity index is 1.75.